The lowest BCUT2D eigenvalue weighted by molar-refractivity contribution is 0.0694. The largest absolute Gasteiger partial charge is 0.484 e. The summed E-state index contributed by atoms with van der Waals surface area (Å²) in [5.74, 6) is 0.840. The standard InChI is InChI=1S/C21H21Cl2N3OS/c1-12-25-18-10-14(2-3-20(18)28-12)27-21-16-8-13(22)9-17(23)15(16)11-19(21)26-6-4-24-5-7-26/h2-3,8-10,19,21,24H,4-7,11H2,1H3/t19-,21-/m0/s1. The number of piperazine rings is 1. The van der Waals surface area contributed by atoms with Gasteiger partial charge in [0, 0.05) is 47.9 Å². The van der Waals surface area contributed by atoms with Crippen molar-refractivity contribution in [2.24, 2.45) is 0 Å². The minimum atomic E-state index is -0.0958. The second kappa shape index (κ2) is 7.47. The first-order chi connectivity index (χ1) is 13.6. The van der Waals surface area contributed by atoms with Gasteiger partial charge in [-0.25, -0.2) is 4.98 Å². The van der Waals surface area contributed by atoms with Crippen LogP contribution in [0.2, 0.25) is 10.0 Å². The van der Waals surface area contributed by atoms with E-state index < -0.39 is 0 Å². The third kappa shape index (κ3) is 3.40. The zero-order valence-electron chi connectivity index (χ0n) is 15.5. The summed E-state index contributed by atoms with van der Waals surface area (Å²) >= 11 is 14.6. The molecular formula is C21H21Cl2N3OS. The third-order valence-electron chi connectivity index (χ3n) is 5.61. The van der Waals surface area contributed by atoms with Gasteiger partial charge in [0.2, 0.25) is 0 Å². The van der Waals surface area contributed by atoms with Crippen LogP contribution in [-0.4, -0.2) is 42.1 Å². The molecule has 4 nitrogen and oxygen atoms in total. The molecular weight excluding hydrogens is 413 g/mol. The van der Waals surface area contributed by atoms with Crippen molar-refractivity contribution in [3.05, 3.63) is 56.5 Å². The number of aryl methyl sites for hydroxylation is 1. The monoisotopic (exact) mass is 433 g/mol. The molecule has 1 fully saturated rings. The van der Waals surface area contributed by atoms with Crippen molar-refractivity contribution in [2.75, 3.05) is 26.2 Å². The minimum Gasteiger partial charge on any atom is -0.484 e. The maximum atomic E-state index is 6.58. The van der Waals surface area contributed by atoms with Crippen LogP contribution in [0.15, 0.2) is 30.3 Å². The van der Waals surface area contributed by atoms with Crippen molar-refractivity contribution in [1.82, 2.24) is 15.2 Å². The van der Waals surface area contributed by atoms with Crippen LogP contribution in [0.4, 0.5) is 0 Å². The van der Waals surface area contributed by atoms with Crippen LogP contribution < -0.4 is 10.1 Å². The third-order valence-corrected chi connectivity index (χ3v) is 7.12. The highest BCUT2D eigenvalue weighted by Gasteiger charge is 2.39. The van der Waals surface area contributed by atoms with Gasteiger partial charge < -0.3 is 10.1 Å². The van der Waals surface area contributed by atoms with Crippen LogP contribution in [-0.2, 0) is 6.42 Å². The number of halogens is 2. The molecule has 2 aliphatic rings. The van der Waals surface area contributed by atoms with Crippen molar-refractivity contribution in [3.8, 4) is 5.75 Å². The van der Waals surface area contributed by atoms with Crippen LogP contribution >= 0.6 is 34.5 Å². The van der Waals surface area contributed by atoms with E-state index in [0.29, 0.717) is 5.02 Å². The van der Waals surface area contributed by atoms with E-state index in [2.05, 4.69) is 21.3 Å². The van der Waals surface area contributed by atoms with Crippen molar-refractivity contribution >= 4 is 44.8 Å². The average molecular weight is 434 g/mol. The Labute approximate surface area is 178 Å². The Morgan fingerprint density at radius 2 is 2.00 bits per heavy atom. The lowest BCUT2D eigenvalue weighted by Crippen LogP contribution is -2.50. The smallest absolute Gasteiger partial charge is 0.140 e. The van der Waals surface area contributed by atoms with E-state index in [0.717, 1.165) is 65.0 Å². The van der Waals surface area contributed by atoms with Gasteiger partial charge in [-0.2, -0.15) is 0 Å². The van der Waals surface area contributed by atoms with E-state index in [-0.39, 0.29) is 12.1 Å². The number of nitrogens with one attached hydrogen (secondary N) is 1. The fourth-order valence-corrected chi connectivity index (χ4v) is 5.73. The molecule has 1 N–H and O–H groups in total. The van der Waals surface area contributed by atoms with E-state index in [4.69, 9.17) is 27.9 Å². The molecule has 1 aliphatic carbocycles. The molecule has 2 aromatic carbocycles. The van der Waals surface area contributed by atoms with Crippen LogP contribution in [0.5, 0.6) is 5.75 Å². The fourth-order valence-electron chi connectivity index (χ4n) is 4.33. The number of thiazole rings is 1. The molecule has 0 amide bonds. The molecule has 0 radical (unpaired) electrons. The second-order valence-electron chi connectivity index (χ2n) is 7.41. The second-order valence-corrected chi connectivity index (χ2v) is 9.49. The van der Waals surface area contributed by atoms with Gasteiger partial charge in [-0.3, -0.25) is 4.90 Å². The number of nitrogens with zero attached hydrogens (tertiary/aromatic N) is 2. The Morgan fingerprint density at radius 3 is 2.82 bits per heavy atom. The van der Waals surface area contributed by atoms with Crippen molar-refractivity contribution in [2.45, 2.75) is 25.5 Å². The molecule has 146 valence electrons. The van der Waals surface area contributed by atoms with E-state index in [9.17, 15) is 0 Å². The van der Waals surface area contributed by atoms with Gasteiger partial charge >= 0.3 is 0 Å². The summed E-state index contributed by atoms with van der Waals surface area (Å²) in [5.41, 5.74) is 3.25. The minimum absolute atomic E-state index is 0.0958. The Kier molecular flexibility index (Phi) is 4.97. The van der Waals surface area contributed by atoms with Gasteiger partial charge in [0.15, 0.2) is 0 Å². The van der Waals surface area contributed by atoms with Gasteiger partial charge in [0.05, 0.1) is 21.3 Å². The lowest BCUT2D eigenvalue weighted by atomic mass is 10.1. The number of hydrogen-bond donors (Lipinski definition) is 1. The summed E-state index contributed by atoms with van der Waals surface area (Å²) in [6, 6.07) is 10.3. The predicted molar refractivity (Wildman–Crippen MR) is 116 cm³/mol. The zero-order valence-corrected chi connectivity index (χ0v) is 17.9. The summed E-state index contributed by atoms with van der Waals surface area (Å²) in [6.07, 6.45) is 0.787. The fraction of sp³-hybridized carbons (Fsp3) is 0.381. The normalized spacial score (nSPS) is 22.5. The molecule has 3 aromatic rings. The van der Waals surface area contributed by atoms with Crippen molar-refractivity contribution < 1.29 is 4.74 Å². The highest BCUT2D eigenvalue weighted by Crippen LogP contribution is 2.43. The summed E-state index contributed by atoms with van der Waals surface area (Å²) < 4.78 is 7.76. The molecule has 1 saturated heterocycles. The van der Waals surface area contributed by atoms with Gasteiger partial charge in [-0.05, 0) is 43.2 Å². The highest BCUT2D eigenvalue weighted by atomic mass is 35.5. The molecule has 28 heavy (non-hydrogen) atoms. The number of aromatic nitrogens is 1. The number of fused-ring (bicyclic) bond motifs is 2. The van der Waals surface area contributed by atoms with E-state index in [1.54, 1.807) is 11.3 Å². The van der Waals surface area contributed by atoms with Crippen molar-refractivity contribution in [1.29, 1.82) is 0 Å². The summed E-state index contributed by atoms with van der Waals surface area (Å²) in [6.45, 7) is 6.04. The van der Waals surface area contributed by atoms with Gasteiger partial charge in [0.1, 0.15) is 11.9 Å². The average Bonchev–Trinajstić information content (AvgIpc) is 3.22. The van der Waals surface area contributed by atoms with Gasteiger partial charge in [-0.1, -0.05) is 23.2 Å². The Hall–Kier alpha value is -1.37. The van der Waals surface area contributed by atoms with Crippen LogP contribution in [0.25, 0.3) is 10.2 Å². The molecule has 0 saturated carbocycles. The molecule has 1 aromatic heterocycles. The van der Waals surface area contributed by atoms with Crippen molar-refractivity contribution in [3.63, 3.8) is 0 Å². The number of hydrogen-bond acceptors (Lipinski definition) is 5. The SMILES string of the molecule is Cc1nc2cc(O[C@H]3c4cc(Cl)cc(Cl)c4C[C@@H]3N3CCNCC3)ccc2s1. The topological polar surface area (TPSA) is 37.4 Å². The zero-order chi connectivity index (χ0) is 19.3. The summed E-state index contributed by atoms with van der Waals surface area (Å²) in [5, 5.41) is 5.89. The maximum Gasteiger partial charge on any atom is 0.140 e. The van der Waals surface area contributed by atoms with E-state index in [1.807, 2.05) is 31.2 Å². The molecule has 2 heterocycles. The number of rotatable bonds is 3. The molecule has 0 unspecified atom stereocenters. The predicted octanol–water partition coefficient (Wildman–Crippen LogP) is 4.86. The Morgan fingerprint density at radius 1 is 1.18 bits per heavy atom. The maximum absolute atomic E-state index is 6.58. The quantitative estimate of drug-likeness (QED) is 0.639. The first-order valence-corrected chi connectivity index (χ1v) is 11.1. The van der Waals surface area contributed by atoms with Gasteiger partial charge in [-0.15, -0.1) is 11.3 Å². The van der Waals surface area contributed by atoms with Crippen LogP contribution in [0.3, 0.4) is 0 Å². The Balaban J connectivity index is 1.52. The summed E-state index contributed by atoms with van der Waals surface area (Å²) in [7, 11) is 0. The Bertz CT molecular complexity index is 1030. The molecule has 0 bridgehead atoms. The lowest BCUT2D eigenvalue weighted by Gasteiger charge is -2.36. The summed E-state index contributed by atoms with van der Waals surface area (Å²) in [4.78, 5) is 7.12. The highest BCUT2D eigenvalue weighted by molar-refractivity contribution is 7.18. The number of benzene rings is 2. The number of ether oxygens (including phenoxy) is 1. The van der Waals surface area contributed by atoms with Crippen LogP contribution in [0, 0.1) is 6.92 Å². The van der Waals surface area contributed by atoms with E-state index >= 15 is 0 Å². The van der Waals surface area contributed by atoms with Crippen LogP contribution in [0.1, 0.15) is 22.2 Å². The first kappa shape index (κ1) is 18.6. The van der Waals surface area contributed by atoms with E-state index in [1.165, 1.54) is 4.70 Å². The molecule has 2 atom stereocenters. The molecule has 7 heteroatoms. The first-order valence-electron chi connectivity index (χ1n) is 9.55. The molecule has 1 aliphatic heterocycles. The van der Waals surface area contributed by atoms with Gasteiger partial charge in [0.25, 0.3) is 0 Å². The molecule has 0 spiro atoms. The molecule has 5 rings (SSSR count).